The standard InChI is InChI=1S/C21H15F3N4O5/c1-33-13-9-7-11(8-10-13)16(29)27-20(21(22,23)24)14-15(25-18(20)31)28(19(32)26-17(14)30)12-5-3-2-4-6-12/h2-10H,1H3,(H,25,31)(H,27,29)(H,26,30,32)/t20-/m0/s1. The number of methoxy groups -OCH3 is 1. The average Bonchev–Trinajstić information content (AvgIpc) is 3.07. The lowest BCUT2D eigenvalue weighted by atomic mass is 9.91. The largest absolute Gasteiger partial charge is 0.497 e. The zero-order chi connectivity index (χ0) is 24.0. The van der Waals surface area contributed by atoms with E-state index in [9.17, 15) is 32.3 Å². The number of rotatable bonds is 4. The number of fused-ring (bicyclic) bond motifs is 1. The average molecular weight is 460 g/mol. The minimum Gasteiger partial charge on any atom is -0.497 e. The van der Waals surface area contributed by atoms with E-state index < -0.39 is 46.2 Å². The van der Waals surface area contributed by atoms with Crippen molar-refractivity contribution in [3.63, 3.8) is 0 Å². The number of nitrogens with one attached hydrogen (secondary N) is 3. The van der Waals surface area contributed by atoms with E-state index in [1.54, 1.807) is 16.4 Å². The summed E-state index contributed by atoms with van der Waals surface area (Å²) in [6.45, 7) is 0. The third-order valence-electron chi connectivity index (χ3n) is 5.15. The molecule has 170 valence electrons. The number of aromatic amines is 1. The summed E-state index contributed by atoms with van der Waals surface area (Å²) in [7, 11) is 1.37. The van der Waals surface area contributed by atoms with Crippen LogP contribution in [0.5, 0.6) is 5.75 Å². The number of ether oxygens (including phenoxy) is 1. The molecule has 0 aliphatic carbocycles. The Morgan fingerprint density at radius 3 is 2.24 bits per heavy atom. The minimum absolute atomic E-state index is 0.0924. The van der Waals surface area contributed by atoms with E-state index in [0.717, 1.165) is 4.57 Å². The fourth-order valence-corrected chi connectivity index (χ4v) is 3.59. The monoisotopic (exact) mass is 460 g/mol. The second-order valence-corrected chi connectivity index (χ2v) is 7.04. The summed E-state index contributed by atoms with van der Waals surface area (Å²) in [5.41, 5.74) is -7.54. The Hall–Kier alpha value is -4.35. The molecule has 0 radical (unpaired) electrons. The van der Waals surface area contributed by atoms with Crippen LogP contribution in [0.1, 0.15) is 15.9 Å². The Labute approximate surface area is 182 Å². The van der Waals surface area contributed by atoms with Crippen LogP contribution in [0, 0.1) is 0 Å². The number of halogens is 3. The topological polar surface area (TPSA) is 122 Å². The van der Waals surface area contributed by atoms with Crippen molar-refractivity contribution >= 4 is 17.6 Å². The second-order valence-electron chi connectivity index (χ2n) is 7.04. The molecule has 0 spiro atoms. The van der Waals surface area contributed by atoms with E-state index in [-0.39, 0.29) is 11.3 Å². The highest BCUT2D eigenvalue weighted by Gasteiger charge is 2.68. The first-order chi connectivity index (χ1) is 15.6. The molecular formula is C21H15F3N4O5. The Morgan fingerprint density at radius 2 is 1.67 bits per heavy atom. The van der Waals surface area contributed by atoms with E-state index in [4.69, 9.17) is 4.74 Å². The highest BCUT2D eigenvalue weighted by atomic mass is 19.4. The van der Waals surface area contributed by atoms with Crippen molar-refractivity contribution in [1.29, 1.82) is 0 Å². The van der Waals surface area contributed by atoms with E-state index in [1.165, 1.54) is 55.6 Å². The van der Waals surface area contributed by atoms with Crippen LogP contribution in [-0.2, 0) is 10.3 Å². The number of alkyl halides is 3. The summed E-state index contributed by atoms with van der Waals surface area (Å²) in [5, 5.41) is 3.65. The van der Waals surface area contributed by atoms with E-state index >= 15 is 0 Å². The molecule has 0 unspecified atom stereocenters. The van der Waals surface area contributed by atoms with Crippen LogP contribution in [0.3, 0.4) is 0 Å². The SMILES string of the molecule is COc1ccc(C(=O)N[C@]2(C(F)(F)F)C(=O)Nc3c2c(=O)[nH]c(=O)n3-c2ccccc2)cc1. The highest BCUT2D eigenvalue weighted by molar-refractivity contribution is 6.09. The van der Waals surface area contributed by atoms with Gasteiger partial charge in [-0.1, -0.05) is 18.2 Å². The number of nitrogens with zero attached hydrogens (tertiary/aromatic N) is 1. The van der Waals surface area contributed by atoms with Crippen molar-refractivity contribution < 1.29 is 27.5 Å². The van der Waals surface area contributed by atoms with Gasteiger partial charge in [0, 0.05) is 5.56 Å². The van der Waals surface area contributed by atoms with Gasteiger partial charge < -0.3 is 15.4 Å². The lowest BCUT2D eigenvalue weighted by Crippen LogP contribution is -2.62. The normalized spacial score (nSPS) is 17.3. The van der Waals surface area contributed by atoms with Crippen LogP contribution in [-0.4, -0.2) is 34.7 Å². The first-order valence-electron chi connectivity index (χ1n) is 9.40. The Balaban J connectivity index is 1.93. The Morgan fingerprint density at radius 1 is 1.03 bits per heavy atom. The van der Waals surface area contributed by atoms with Gasteiger partial charge in [-0.15, -0.1) is 0 Å². The Bertz CT molecular complexity index is 1360. The van der Waals surface area contributed by atoms with Gasteiger partial charge in [-0.3, -0.25) is 19.4 Å². The first kappa shape index (κ1) is 21.9. The molecule has 12 heteroatoms. The Kier molecular flexibility index (Phi) is 5.07. The molecule has 3 aromatic rings. The predicted octanol–water partition coefficient (Wildman–Crippen LogP) is 1.67. The number of hydrogen-bond acceptors (Lipinski definition) is 5. The number of aromatic nitrogens is 2. The van der Waals surface area contributed by atoms with Crippen molar-refractivity contribution in [1.82, 2.24) is 14.9 Å². The maximum Gasteiger partial charge on any atom is 0.425 e. The molecule has 0 saturated heterocycles. The summed E-state index contributed by atoms with van der Waals surface area (Å²) < 4.78 is 48.9. The summed E-state index contributed by atoms with van der Waals surface area (Å²) in [4.78, 5) is 52.4. The molecule has 1 aliphatic heterocycles. The van der Waals surface area contributed by atoms with Gasteiger partial charge in [-0.2, -0.15) is 13.2 Å². The highest BCUT2D eigenvalue weighted by Crippen LogP contribution is 2.45. The molecule has 1 aliphatic rings. The van der Waals surface area contributed by atoms with Gasteiger partial charge in [0.15, 0.2) is 0 Å². The number of amides is 2. The molecule has 4 rings (SSSR count). The number of benzene rings is 2. The molecule has 0 bridgehead atoms. The third-order valence-corrected chi connectivity index (χ3v) is 5.15. The third kappa shape index (κ3) is 3.35. The first-order valence-corrected chi connectivity index (χ1v) is 9.40. The maximum absolute atomic E-state index is 14.4. The smallest absolute Gasteiger partial charge is 0.425 e. The van der Waals surface area contributed by atoms with Crippen LogP contribution in [0.25, 0.3) is 5.69 Å². The van der Waals surface area contributed by atoms with E-state index in [2.05, 4.69) is 0 Å². The zero-order valence-corrected chi connectivity index (χ0v) is 16.8. The fraction of sp³-hybridized carbons (Fsp3) is 0.143. The quantitative estimate of drug-likeness (QED) is 0.547. The lowest BCUT2D eigenvalue weighted by Gasteiger charge is -2.30. The number of carbonyl (C=O) groups excluding carboxylic acids is 2. The maximum atomic E-state index is 14.4. The van der Waals surface area contributed by atoms with E-state index in [1.807, 2.05) is 5.32 Å². The summed E-state index contributed by atoms with van der Waals surface area (Å²) in [6.07, 6.45) is -5.43. The van der Waals surface area contributed by atoms with Crippen LogP contribution in [0.15, 0.2) is 64.2 Å². The number of para-hydroxylation sites is 1. The molecule has 1 atom stereocenters. The van der Waals surface area contributed by atoms with Crippen LogP contribution < -0.4 is 26.6 Å². The van der Waals surface area contributed by atoms with Gasteiger partial charge in [0.1, 0.15) is 17.1 Å². The van der Waals surface area contributed by atoms with Gasteiger partial charge in [0.25, 0.3) is 22.9 Å². The zero-order valence-electron chi connectivity index (χ0n) is 16.8. The van der Waals surface area contributed by atoms with Crippen LogP contribution >= 0.6 is 0 Å². The molecule has 3 N–H and O–H groups in total. The van der Waals surface area contributed by atoms with Gasteiger partial charge in [-0.05, 0) is 36.4 Å². The van der Waals surface area contributed by atoms with Crippen molar-refractivity contribution in [3.8, 4) is 11.4 Å². The number of carbonyl (C=O) groups is 2. The van der Waals surface area contributed by atoms with Gasteiger partial charge >= 0.3 is 11.9 Å². The molecule has 33 heavy (non-hydrogen) atoms. The molecule has 1 aromatic heterocycles. The minimum atomic E-state index is -5.43. The van der Waals surface area contributed by atoms with E-state index in [0.29, 0.717) is 5.75 Å². The number of H-pyrrole nitrogens is 1. The second kappa shape index (κ2) is 7.65. The van der Waals surface area contributed by atoms with Gasteiger partial charge in [-0.25, -0.2) is 9.36 Å². The van der Waals surface area contributed by atoms with Gasteiger partial charge in [0.2, 0.25) is 0 Å². The molecule has 2 heterocycles. The molecule has 2 amide bonds. The summed E-state index contributed by atoms with van der Waals surface area (Å²) in [6, 6.07) is 12.5. The predicted molar refractivity (Wildman–Crippen MR) is 109 cm³/mol. The van der Waals surface area contributed by atoms with Gasteiger partial charge in [0.05, 0.1) is 12.8 Å². The summed E-state index contributed by atoms with van der Waals surface area (Å²) in [5.74, 6) is -3.33. The summed E-state index contributed by atoms with van der Waals surface area (Å²) >= 11 is 0. The lowest BCUT2D eigenvalue weighted by molar-refractivity contribution is -0.196. The van der Waals surface area contributed by atoms with Crippen molar-refractivity contribution in [2.24, 2.45) is 0 Å². The molecular weight excluding hydrogens is 445 g/mol. The molecule has 0 saturated carbocycles. The van der Waals surface area contributed by atoms with Crippen LogP contribution in [0.4, 0.5) is 19.0 Å². The molecule has 2 aromatic carbocycles. The van der Waals surface area contributed by atoms with Crippen molar-refractivity contribution in [3.05, 3.63) is 86.6 Å². The van der Waals surface area contributed by atoms with Crippen molar-refractivity contribution in [2.45, 2.75) is 11.7 Å². The number of anilines is 1. The number of hydrogen-bond donors (Lipinski definition) is 3. The molecule has 9 nitrogen and oxygen atoms in total. The fourth-order valence-electron chi connectivity index (χ4n) is 3.59. The molecule has 0 fully saturated rings. The van der Waals surface area contributed by atoms with Crippen molar-refractivity contribution in [2.75, 3.05) is 12.4 Å². The van der Waals surface area contributed by atoms with Crippen LogP contribution in [0.2, 0.25) is 0 Å².